The molecule has 1 rings (SSSR count). The highest BCUT2D eigenvalue weighted by molar-refractivity contribution is 7.84. The Morgan fingerprint density at radius 2 is 2.33 bits per heavy atom. The first-order valence-electron chi connectivity index (χ1n) is 5.84. The molecule has 1 unspecified atom stereocenters. The van der Waals surface area contributed by atoms with Crippen LogP contribution in [0.25, 0.3) is 0 Å². The lowest BCUT2D eigenvalue weighted by atomic mass is 10.4. The van der Waals surface area contributed by atoms with Crippen LogP contribution in [-0.4, -0.2) is 48.7 Å². The number of hydrogen-bond donors (Lipinski definition) is 0. The highest BCUT2D eigenvalue weighted by Crippen LogP contribution is 2.01. The van der Waals surface area contributed by atoms with Gasteiger partial charge in [-0.05, 0) is 6.42 Å². The van der Waals surface area contributed by atoms with Crippen molar-refractivity contribution in [3.8, 4) is 0 Å². The smallest absolute Gasteiger partial charge is 0.319 e. The number of carbonyl (C=O) groups is 1. The maximum Gasteiger partial charge on any atom is 0.346 e. The van der Waals surface area contributed by atoms with Crippen molar-refractivity contribution in [1.29, 1.82) is 0 Å². The van der Waals surface area contributed by atoms with Gasteiger partial charge >= 0.3 is 6.03 Å². The van der Waals surface area contributed by atoms with E-state index in [1.807, 2.05) is 6.92 Å². The molecular formula is C11H18N4O2S. The van der Waals surface area contributed by atoms with Gasteiger partial charge in [-0.1, -0.05) is 19.9 Å². The summed E-state index contributed by atoms with van der Waals surface area (Å²) < 4.78 is 12.6. The Labute approximate surface area is 109 Å². The van der Waals surface area contributed by atoms with E-state index in [0.717, 1.165) is 11.1 Å². The Morgan fingerprint density at radius 1 is 1.61 bits per heavy atom. The van der Waals surface area contributed by atoms with Crippen LogP contribution in [0, 0.1) is 0 Å². The summed E-state index contributed by atoms with van der Waals surface area (Å²) in [7, 11) is -1.24. The lowest BCUT2D eigenvalue weighted by molar-refractivity contribution is 0.201. The van der Waals surface area contributed by atoms with Crippen LogP contribution in [-0.2, 0) is 10.8 Å². The summed E-state index contributed by atoms with van der Waals surface area (Å²) in [5.74, 6) is 0.434. The normalized spacial score (nSPS) is 12.1. The number of nitrogens with zero attached hydrogens (tertiary/aromatic N) is 4. The lowest BCUT2D eigenvalue weighted by Gasteiger charge is -2.19. The Hall–Kier alpha value is -1.50. The van der Waals surface area contributed by atoms with Crippen molar-refractivity contribution in [3.63, 3.8) is 0 Å². The number of carbonyl (C=O) groups excluding carboxylic acids is 1. The van der Waals surface area contributed by atoms with Crippen LogP contribution in [0.15, 0.2) is 24.1 Å². The fourth-order valence-electron chi connectivity index (χ4n) is 1.41. The standard InChI is InChI=1S/C11H18N4O2S/c1-4-7-14(8-5-2)11(16)15-9-12-10(13-15)18(17)6-3/h4,9H,1,5-8H2,2-3H3. The van der Waals surface area contributed by atoms with Crippen LogP contribution in [0.2, 0.25) is 0 Å². The molecule has 0 saturated heterocycles. The van der Waals surface area contributed by atoms with Gasteiger partial charge in [0.15, 0.2) is 0 Å². The quantitative estimate of drug-likeness (QED) is 0.730. The summed E-state index contributed by atoms with van der Waals surface area (Å²) in [5, 5.41) is 4.14. The van der Waals surface area contributed by atoms with E-state index in [1.165, 1.54) is 6.33 Å². The number of hydrogen-bond acceptors (Lipinski definition) is 4. The van der Waals surface area contributed by atoms with Gasteiger partial charge in [-0.2, -0.15) is 4.68 Å². The highest BCUT2D eigenvalue weighted by Gasteiger charge is 2.16. The van der Waals surface area contributed by atoms with Crippen LogP contribution in [0.5, 0.6) is 0 Å². The third-order valence-corrected chi connectivity index (χ3v) is 3.36. The van der Waals surface area contributed by atoms with Gasteiger partial charge in [0.2, 0.25) is 5.16 Å². The minimum absolute atomic E-state index is 0.195. The van der Waals surface area contributed by atoms with Crippen LogP contribution < -0.4 is 0 Å². The molecular weight excluding hydrogens is 252 g/mol. The van der Waals surface area contributed by atoms with E-state index in [9.17, 15) is 9.00 Å². The molecule has 0 bridgehead atoms. The molecule has 0 fully saturated rings. The van der Waals surface area contributed by atoms with E-state index in [-0.39, 0.29) is 11.2 Å². The first kappa shape index (κ1) is 14.6. The van der Waals surface area contributed by atoms with Gasteiger partial charge in [-0.15, -0.1) is 11.7 Å². The maximum absolute atomic E-state index is 12.1. The molecule has 1 aromatic rings. The first-order valence-corrected chi connectivity index (χ1v) is 7.16. The van der Waals surface area contributed by atoms with E-state index in [0.29, 0.717) is 18.8 Å². The summed E-state index contributed by atoms with van der Waals surface area (Å²) in [6.45, 7) is 8.46. The van der Waals surface area contributed by atoms with E-state index in [4.69, 9.17) is 0 Å². The van der Waals surface area contributed by atoms with E-state index in [1.54, 1.807) is 17.9 Å². The zero-order valence-corrected chi connectivity index (χ0v) is 11.5. The van der Waals surface area contributed by atoms with Crippen LogP contribution in [0.1, 0.15) is 20.3 Å². The third kappa shape index (κ3) is 3.49. The fourth-order valence-corrected chi connectivity index (χ4v) is 2.01. The van der Waals surface area contributed by atoms with Gasteiger partial charge in [0, 0.05) is 18.8 Å². The van der Waals surface area contributed by atoms with E-state index < -0.39 is 10.8 Å². The van der Waals surface area contributed by atoms with Gasteiger partial charge in [-0.25, -0.2) is 9.78 Å². The predicted octanol–water partition coefficient (Wildman–Crippen LogP) is 1.27. The summed E-state index contributed by atoms with van der Waals surface area (Å²) in [4.78, 5) is 17.6. The van der Waals surface area contributed by atoms with Gasteiger partial charge < -0.3 is 4.90 Å². The van der Waals surface area contributed by atoms with Crippen molar-refractivity contribution in [2.45, 2.75) is 25.4 Å². The molecule has 0 aliphatic rings. The molecule has 7 heteroatoms. The summed E-state index contributed by atoms with van der Waals surface area (Å²) >= 11 is 0. The second kappa shape index (κ2) is 7.05. The van der Waals surface area contributed by atoms with Crippen LogP contribution in [0.4, 0.5) is 4.79 Å². The van der Waals surface area contributed by atoms with E-state index >= 15 is 0 Å². The molecule has 0 aliphatic heterocycles. The number of rotatable bonds is 6. The average Bonchev–Trinajstić information content (AvgIpc) is 2.86. The molecule has 0 aliphatic carbocycles. The SMILES string of the molecule is C=CCN(CCC)C(=O)n1cnc(S(=O)CC)n1. The second-order valence-electron chi connectivity index (χ2n) is 3.62. The van der Waals surface area contributed by atoms with Crippen molar-refractivity contribution < 1.29 is 9.00 Å². The largest absolute Gasteiger partial charge is 0.346 e. The van der Waals surface area contributed by atoms with Gasteiger partial charge in [0.1, 0.15) is 6.33 Å². The van der Waals surface area contributed by atoms with Crippen molar-refractivity contribution in [3.05, 3.63) is 19.0 Å². The summed E-state index contributed by atoms with van der Waals surface area (Å²) in [6, 6.07) is -0.274. The van der Waals surface area contributed by atoms with Gasteiger partial charge in [0.25, 0.3) is 0 Å². The predicted molar refractivity (Wildman–Crippen MR) is 69.8 cm³/mol. The molecule has 1 amide bonds. The second-order valence-corrected chi connectivity index (χ2v) is 5.26. The monoisotopic (exact) mass is 270 g/mol. The topological polar surface area (TPSA) is 68.1 Å². The third-order valence-electron chi connectivity index (χ3n) is 2.25. The Balaban J connectivity index is 2.84. The van der Waals surface area contributed by atoms with Crippen molar-refractivity contribution in [1.82, 2.24) is 19.7 Å². The highest BCUT2D eigenvalue weighted by atomic mass is 32.2. The zero-order valence-electron chi connectivity index (χ0n) is 10.7. The van der Waals surface area contributed by atoms with Crippen molar-refractivity contribution in [2.24, 2.45) is 0 Å². The average molecular weight is 270 g/mol. The fraction of sp³-hybridized carbons (Fsp3) is 0.545. The molecule has 100 valence electrons. The molecule has 0 aromatic carbocycles. The number of amides is 1. The van der Waals surface area contributed by atoms with Gasteiger partial charge in [0.05, 0.1) is 10.8 Å². The molecule has 0 N–H and O–H groups in total. The molecule has 0 saturated carbocycles. The van der Waals surface area contributed by atoms with Crippen molar-refractivity contribution >= 4 is 16.8 Å². The molecule has 0 spiro atoms. The summed E-state index contributed by atoms with van der Waals surface area (Å²) in [6.07, 6.45) is 3.81. The molecule has 1 atom stereocenters. The van der Waals surface area contributed by atoms with Crippen LogP contribution >= 0.6 is 0 Å². The maximum atomic E-state index is 12.1. The first-order chi connectivity index (χ1) is 8.63. The summed E-state index contributed by atoms with van der Waals surface area (Å²) in [5.41, 5.74) is 0. The van der Waals surface area contributed by atoms with Crippen LogP contribution in [0.3, 0.4) is 0 Å². The van der Waals surface area contributed by atoms with Gasteiger partial charge in [-0.3, -0.25) is 4.21 Å². The minimum Gasteiger partial charge on any atom is -0.319 e. The lowest BCUT2D eigenvalue weighted by Crippen LogP contribution is -2.35. The van der Waals surface area contributed by atoms with E-state index in [2.05, 4.69) is 16.7 Å². The molecule has 0 radical (unpaired) electrons. The Morgan fingerprint density at radius 3 is 2.89 bits per heavy atom. The van der Waals surface area contributed by atoms with Crippen molar-refractivity contribution in [2.75, 3.05) is 18.8 Å². The molecule has 18 heavy (non-hydrogen) atoms. The Bertz CT molecular complexity index is 444. The molecule has 1 heterocycles. The molecule has 6 nitrogen and oxygen atoms in total. The Kier molecular flexibility index (Phi) is 5.70. The number of aromatic nitrogens is 3. The minimum atomic E-state index is -1.24. The molecule has 1 aromatic heterocycles. The zero-order chi connectivity index (χ0) is 13.5.